The maximum absolute atomic E-state index is 14.2. The van der Waals surface area contributed by atoms with E-state index in [0.717, 1.165) is 39.9 Å². The number of nitrogens with zero attached hydrogens (tertiary/aromatic N) is 1. The molecule has 0 radical (unpaired) electrons. The summed E-state index contributed by atoms with van der Waals surface area (Å²) < 4.78 is 30.0. The van der Waals surface area contributed by atoms with E-state index >= 15 is 0 Å². The summed E-state index contributed by atoms with van der Waals surface area (Å²) in [5.41, 5.74) is 7.06. The van der Waals surface area contributed by atoms with Crippen molar-refractivity contribution in [3.8, 4) is 11.1 Å². The summed E-state index contributed by atoms with van der Waals surface area (Å²) in [6, 6.07) is 34.9. The molecule has 0 atom stereocenters. The zero-order valence-electron chi connectivity index (χ0n) is 26.6. The molecule has 0 amide bonds. The molecule has 1 heterocycles. The highest BCUT2D eigenvalue weighted by Crippen LogP contribution is 2.55. The van der Waals surface area contributed by atoms with Crippen molar-refractivity contribution in [2.75, 3.05) is 0 Å². The maximum atomic E-state index is 14.2. The number of rotatable bonds is 12. The van der Waals surface area contributed by atoms with Crippen molar-refractivity contribution < 1.29 is 8.42 Å². The molecule has 1 aliphatic rings. The standard InChI is InChI=1S/C41H43NO2S/c1-3-5-7-16-24-41(25-17-8-6-4-2)37-22-14-12-20-33(37)35-26-30-27-36-34-21-13-15-23-39(34)42(40(36)29-31(30)28-38(35)41)45(43,44)32-18-10-9-11-19-32/h9-15,18-23,26-29H,3-8,16-17,24-25H2,1-2H3. The molecule has 0 fully saturated rings. The third-order valence-corrected chi connectivity index (χ3v) is 11.9. The van der Waals surface area contributed by atoms with E-state index in [-0.39, 0.29) is 5.41 Å². The van der Waals surface area contributed by atoms with Crippen molar-refractivity contribution in [3.63, 3.8) is 0 Å². The van der Waals surface area contributed by atoms with Crippen LogP contribution < -0.4 is 0 Å². The molecule has 0 saturated heterocycles. The highest BCUT2D eigenvalue weighted by Gasteiger charge is 2.42. The van der Waals surface area contributed by atoms with E-state index < -0.39 is 10.0 Å². The van der Waals surface area contributed by atoms with Gasteiger partial charge in [0.05, 0.1) is 15.9 Å². The molecular weight excluding hydrogens is 571 g/mol. The van der Waals surface area contributed by atoms with Crippen molar-refractivity contribution in [1.82, 2.24) is 3.97 Å². The second-order valence-electron chi connectivity index (χ2n) is 13.0. The van der Waals surface area contributed by atoms with Gasteiger partial charge in [0, 0.05) is 16.2 Å². The van der Waals surface area contributed by atoms with E-state index in [2.05, 4.69) is 62.4 Å². The Morgan fingerprint density at radius 1 is 0.556 bits per heavy atom. The van der Waals surface area contributed by atoms with Crippen molar-refractivity contribution in [3.05, 3.63) is 114 Å². The first-order valence-electron chi connectivity index (χ1n) is 16.9. The van der Waals surface area contributed by atoms with Crippen LogP contribution in [0, 0.1) is 0 Å². The molecule has 0 N–H and O–H groups in total. The van der Waals surface area contributed by atoms with Crippen LogP contribution in [0.5, 0.6) is 0 Å². The fourth-order valence-corrected chi connectivity index (χ4v) is 9.50. The van der Waals surface area contributed by atoms with Crippen molar-refractivity contribution in [1.29, 1.82) is 0 Å². The molecule has 3 nitrogen and oxygen atoms in total. The first-order chi connectivity index (χ1) is 22.0. The maximum Gasteiger partial charge on any atom is 0.268 e. The van der Waals surface area contributed by atoms with E-state index in [1.54, 1.807) is 28.2 Å². The van der Waals surface area contributed by atoms with Crippen molar-refractivity contribution in [2.45, 2.75) is 88.4 Å². The topological polar surface area (TPSA) is 39.1 Å². The molecule has 230 valence electrons. The van der Waals surface area contributed by atoms with Gasteiger partial charge in [-0.1, -0.05) is 126 Å². The highest BCUT2D eigenvalue weighted by atomic mass is 32.2. The SMILES string of the molecule is CCCCCCC1(CCCCCC)c2ccccc2-c2cc3cc4c5ccccc5n(S(=O)(=O)c5ccccc5)c4cc3cc21. The molecule has 0 spiro atoms. The summed E-state index contributed by atoms with van der Waals surface area (Å²) in [5.74, 6) is 0. The van der Waals surface area contributed by atoms with Gasteiger partial charge in [0.2, 0.25) is 0 Å². The lowest BCUT2D eigenvalue weighted by molar-refractivity contribution is 0.401. The first-order valence-corrected chi connectivity index (χ1v) is 18.4. The van der Waals surface area contributed by atoms with E-state index in [4.69, 9.17) is 0 Å². The van der Waals surface area contributed by atoms with Crippen molar-refractivity contribution >= 4 is 42.6 Å². The third-order valence-electron chi connectivity index (χ3n) is 10.2. The monoisotopic (exact) mass is 613 g/mol. The molecule has 6 aromatic rings. The smallest absolute Gasteiger partial charge is 0.233 e. The van der Waals surface area contributed by atoms with Gasteiger partial charge in [0.1, 0.15) is 0 Å². The molecule has 1 aromatic heterocycles. The summed E-state index contributed by atoms with van der Waals surface area (Å²) >= 11 is 0. The predicted molar refractivity (Wildman–Crippen MR) is 190 cm³/mol. The molecule has 7 rings (SSSR count). The van der Waals surface area contributed by atoms with Gasteiger partial charge in [0.25, 0.3) is 10.0 Å². The van der Waals surface area contributed by atoms with Gasteiger partial charge >= 0.3 is 0 Å². The zero-order chi connectivity index (χ0) is 31.0. The van der Waals surface area contributed by atoms with E-state index in [1.807, 2.05) is 30.3 Å². The van der Waals surface area contributed by atoms with E-state index in [1.165, 1.54) is 73.6 Å². The normalized spacial score (nSPS) is 13.9. The first kappa shape index (κ1) is 29.8. The van der Waals surface area contributed by atoms with Crippen LogP contribution in [0.2, 0.25) is 0 Å². The Labute approximate surface area is 268 Å². The number of hydrogen-bond donors (Lipinski definition) is 0. The lowest BCUT2D eigenvalue weighted by Gasteiger charge is -2.33. The molecule has 1 aliphatic carbocycles. The quantitative estimate of drug-likeness (QED) is 0.129. The largest absolute Gasteiger partial charge is 0.268 e. The van der Waals surface area contributed by atoms with Gasteiger partial charge < -0.3 is 0 Å². The molecule has 4 heteroatoms. The second-order valence-corrected chi connectivity index (χ2v) is 14.7. The molecule has 0 saturated carbocycles. The van der Waals surface area contributed by atoms with E-state index in [0.29, 0.717) is 10.4 Å². The summed E-state index contributed by atoms with van der Waals surface area (Å²) in [6.45, 7) is 4.57. The van der Waals surface area contributed by atoms with Gasteiger partial charge in [-0.15, -0.1) is 0 Å². The van der Waals surface area contributed by atoms with Crippen LogP contribution in [0.3, 0.4) is 0 Å². The fourth-order valence-electron chi connectivity index (χ4n) is 7.96. The van der Waals surface area contributed by atoms with Gasteiger partial charge in [0.15, 0.2) is 0 Å². The molecule has 45 heavy (non-hydrogen) atoms. The lowest BCUT2D eigenvalue weighted by atomic mass is 9.70. The van der Waals surface area contributed by atoms with Crippen LogP contribution >= 0.6 is 0 Å². The fraction of sp³-hybridized carbons (Fsp3) is 0.317. The van der Waals surface area contributed by atoms with Crippen molar-refractivity contribution in [2.24, 2.45) is 0 Å². The summed E-state index contributed by atoms with van der Waals surface area (Å²) in [6.07, 6.45) is 12.3. The predicted octanol–water partition coefficient (Wildman–Crippen LogP) is 11.4. The van der Waals surface area contributed by atoms with Crippen LogP contribution in [0.25, 0.3) is 43.7 Å². The summed E-state index contributed by atoms with van der Waals surface area (Å²) in [4.78, 5) is 0.301. The Hall–Kier alpha value is -3.89. The number of benzene rings is 5. The molecule has 0 bridgehead atoms. The van der Waals surface area contributed by atoms with Crippen LogP contribution in [0.1, 0.15) is 89.2 Å². The van der Waals surface area contributed by atoms with Crippen LogP contribution in [-0.4, -0.2) is 12.4 Å². The number of unbranched alkanes of at least 4 members (excludes halogenated alkanes) is 6. The second kappa shape index (κ2) is 12.1. The molecular formula is C41H43NO2S. The summed E-state index contributed by atoms with van der Waals surface area (Å²) in [7, 11) is -3.81. The third kappa shape index (κ3) is 4.98. The number of aromatic nitrogens is 1. The molecule has 0 unspecified atom stereocenters. The summed E-state index contributed by atoms with van der Waals surface area (Å²) in [5, 5.41) is 4.18. The zero-order valence-corrected chi connectivity index (χ0v) is 27.4. The highest BCUT2D eigenvalue weighted by molar-refractivity contribution is 7.90. The van der Waals surface area contributed by atoms with Crippen LogP contribution in [0.4, 0.5) is 0 Å². The Morgan fingerprint density at radius 2 is 1.20 bits per heavy atom. The van der Waals surface area contributed by atoms with Gasteiger partial charge in [-0.25, -0.2) is 12.4 Å². The Bertz CT molecular complexity index is 2090. The minimum Gasteiger partial charge on any atom is -0.233 e. The average Bonchev–Trinajstić information content (AvgIpc) is 3.53. The average molecular weight is 614 g/mol. The number of para-hydroxylation sites is 1. The van der Waals surface area contributed by atoms with Gasteiger partial charge in [-0.3, -0.25) is 0 Å². The van der Waals surface area contributed by atoms with Gasteiger partial charge in [-0.05, 0) is 88.3 Å². The minimum absolute atomic E-state index is 0.0145. The van der Waals surface area contributed by atoms with Gasteiger partial charge in [-0.2, -0.15) is 0 Å². The Balaban J connectivity index is 1.47. The number of hydrogen-bond acceptors (Lipinski definition) is 2. The Morgan fingerprint density at radius 3 is 1.93 bits per heavy atom. The minimum atomic E-state index is -3.81. The molecule has 0 aliphatic heterocycles. The van der Waals surface area contributed by atoms with E-state index in [9.17, 15) is 8.42 Å². The molecule has 5 aromatic carbocycles. The Kier molecular flexibility index (Phi) is 8.03. The lowest BCUT2D eigenvalue weighted by Crippen LogP contribution is -2.25. The van der Waals surface area contributed by atoms with Crippen LogP contribution in [-0.2, 0) is 15.4 Å². The van der Waals surface area contributed by atoms with Crippen LogP contribution in [0.15, 0.2) is 108 Å². The number of fused-ring (bicyclic) bond motifs is 7.